The van der Waals surface area contributed by atoms with E-state index in [4.69, 9.17) is 19.9 Å². The molecule has 0 saturated heterocycles. The Labute approximate surface area is 274 Å². The van der Waals surface area contributed by atoms with Gasteiger partial charge in [-0.15, -0.1) is 34.0 Å². The third-order valence-electron chi connectivity index (χ3n) is 8.36. The highest BCUT2D eigenvalue weighted by molar-refractivity contribution is 7.22. The van der Waals surface area contributed by atoms with E-state index in [9.17, 15) is 0 Å². The van der Waals surface area contributed by atoms with Crippen molar-refractivity contribution in [1.82, 2.24) is 24.5 Å². The summed E-state index contributed by atoms with van der Waals surface area (Å²) < 4.78 is 5.82. The van der Waals surface area contributed by atoms with Crippen LogP contribution in [-0.2, 0) is 0 Å². The summed E-state index contributed by atoms with van der Waals surface area (Å²) in [5, 5.41) is 5.33. The fraction of sp³-hybridized carbons (Fsp3) is 0. The van der Waals surface area contributed by atoms with Crippen molar-refractivity contribution in [2.45, 2.75) is 0 Å². The fourth-order valence-corrected chi connectivity index (χ4v) is 9.05. The zero-order chi connectivity index (χ0) is 30.2. The number of pyridine rings is 1. The molecule has 0 N–H and O–H groups in total. The molecule has 0 aliphatic rings. The first-order valence-electron chi connectivity index (χ1n) is 14.9. The van der Waals surface area contributed by atoms with Crippen LogP contribution in [0, 0.1) is 0 Å². The summed E-state index contributed by atoms with van der Waals surface area (Å²) in [4.78, 5) is 19.8. The van der Waals surface area contributed by atoms with Gasteiger partial charge in [-0.25, -0.2) is 19.9 Å². The van der Waals surface area contributed by atoms with Gasteiger partial charge in [0.15, 0.2) is 0 Å². The van der Waals surface area contributed by atoms with Crippen LogP contribution in [0.3, 0.4) is 0 Å². The van der Waals surface area contributed by atoms with Gasteiger partial charge in [-0.3, -0.25) is 4.57 Å². The molecule has 0 bridgehead atoms. The van der Waals surface area contributed by atoms with Gasteiger partial charge in [-0.2, -0.15) is 0 Å². The third kappa shape index (κ3) is 4.11. The smallest absolute Gasteiger partial charge is 0.137 e. The Morgan fingerprint density at radius 3 is 1.30 bits per heavy atom. The summed E-state index contributed by atoms with van der Waals surface area (Å²) in [6.45, 7) is 0. The molecule has 0 atom stereocenters. The maximum Gasteiger partial charge on any atom is 0.137 e. The van der Waals surface area contributed by atoms with Crippen LogP contribution in [0.15, 0.2) is 128 Å². The highest BCUT2D eigenvalue weighted by Gasteiger charge is 2.18. The predicted octanol–water partition coefficient (Wildman–Crippen LogP) is 11.0. The van der Waals surface area contributed by atoms with Crippen LogP contribution in [0.5, 0.6) is 0 Å². The SMILES string of the molecule is c1ccc2sc(-c3ccc(-n4c5ccc(-c6nc7ccccc7s6)cc5c5cc(-c6nc7ccccc7s6)ccc54)nc3)nc2c1. The lowest BCUT2D eigenvalue weighted by molar-refractivity contribution is 1.08. The quantitative estimate of drug-likeness (QED) is 0.191. The first kappa shape index (κ1) is 26.0. The number of fused-ring (bicyclic) bond motifs is 6. The molecule has 0 amide bonds. The van der Waals surface area contributed by atoms with E-state index in [1.807, 2.05) is 24.4 Å². The molecule has 0 saturated carbocycles. The second-order valence-electron chi connectivity index (χ2n) is 11.2. The lowest BCUT2D eigenvalue weighted by Crippen LogP contribution is -1.97. The van der Waals surface area contributed by atoms with Crippen molar-refractivity contribution in [3.05, 3.63) is 128 Å². The topological polar surface area (TPSA) is 56.5 Å². The van der Waals surface area contributed by atoms with Crippen LogP contribution in [0.4, 0.5) is 0 Å². The Hall–Kier alpha value is -5.28. The Kier molecular flexibility index (Phi) is 5.72. The highest BCUT2D eigenvalue weighted by Crippen LogP contribution is 2.40. The molecular formula is C38H21N5S3. The monoisotopic (exact) mass is 643 g/mol. The summed E-state index contributed by atoms with van der Waals surface area (Å²) in [5.74, 6) is 0.866. The van der Waals surface area contributed by atoms with Gasteiger partial charge in [0.1, 0.15) is 20.8 Å². The van der Waals surface area contributed by atoms with Gasteiger partial charge in [0.2, 0.25) is 0 Å². The van der Waals surface area contributed by atoms with Crippen molar-refractivity contribution in [1.29, 1.82) is 0 Å². The van der Waals surface area contributed by atoms with E-state index < -0.39 is 0 Å². The van der Waals surface area contributed by atoms with E-state index in [-0.39, 0.29) is 0 Å². The van der Waals surface area contributed by atoms with E-state index in [1.54, 1.807) is 34.0 Å². The minimum absolute atomic E-state index is 0.866. The van der Waals surface area contributed by atoms with Crippen molar-refractivity contribution in [3.8, 4) is 37.5 Å². The molecule has 0 aliphatic heterocycles. The lowest BCUT2D eigenvalue weighted by Gasteiger charge is -2.08. The maximum atomic E-state index is 5.00. The average Bonchev–Trinajstić information content (AvgIpc) is 3.90. The van der Waals surface area contributed by atoms with Gasteiger partial charge in [-0.1, -0.05) is 36.4 Å². The highest BCUT2D eigenvalue weighted by atomic mass is 32.1. The molecule has 10 aromatic rings. The van der Waals surface area contributed by atoms with Crippen molar-refractivity contribution in [2.75, 3.05) is 0 Å². The third-order valence-corrected chi connectivity index (χ3v) is 11.6. The molecule has 5 heterocycles. The largest absolute Gasteiger partial charge is 0.294 e. The van der Waals surface area contributed by atoms with Crippen LogP contribution < -0.4 is 0 Å². The van der Waals surface area contributed by atoms with Gasteiger partial charge in [0.25, 0.3) is 0 Å². The molecular weight excluding hydrogens is 623 g/mol. The molecule has 8 heteroatoms. The van der Waals surface area contributed by atoms with Crippen molar-refractivity contribution >= 4 is 86.5 Å². The second-order valence-corrected chi connectivity index (χ2v) is 14.3. The number of hydrogen-bond donors (Lipinski definition) is 0. The van der Waals surface area contributed by atoms with Crippen LogP contribution in [0.25, 0.3) is 90.0 Å². The number of aromatic nitrogens is 5. The Morgan fingerprint density at radius 1 is 0.435 bits per heavy atom. The van der Waals surface area contributed by atoms with Gasteiger partial charge in [0.05, 0.1) is 41.7 Å². The Morgan fingerprint density at radius 2 is 0.870 bits per heavy atom. The molecule has 0 fully saturated rings. The van der Waals surface area contributed by atoms with Gasteiger partial charge >= 0.3 is 0 Å². The fourth-order valence-electron chi connectivity index (χ4n) is 6.17. The number of rotatable bonds is 4. The van der Waals surface area contributed by atoms with Crippen LogP contribution >= 0.6 is 34.0 Å². The number of benzene rings is 5. The standard InChI is InChI=1S/C38H21N5S3/c1-4-10-32-27(7-1)40-36(44-32)22-13-16-30-25(19-22)26-20-23(37-41-28-8-2-5-11-33(28)45-37)14-17-31(26)43(30)35-18-15-24(21-39-35)38-42-29-9-3-6-12-34(29)46-38/h1-21H. The maximum absolute atomic E-state index is 5.00. The van der Waals surface area contributed by atoms with Gasteiger partial charge in [0, 0.05) is 33.7 Å². The van der Waals surface area contributed by atoms with E-state index in [0.717, 1.165) is 75.9 Å². The van der Waals surface area contributed by atoms with Gasteiger partial charge < -0.3 is 0 Å². The van der Waals surface area contributed by atoms with Crippen LogP contribution in [0.2, 0.25) is 0 Å². The summed E-state index contributed by atoms with van der Waals surface area (Å²) in [6.07, 6.45) is 1.94. The second kappa shape index (κ2) is 10.1. The molecule has 0 unspecified atom stereocenters. The minimum Gasteiger partial charge on any atom is -0.294 e. The molecule has 0 radical (unpaired) electrons. The summed E-state index contributed by atoms with van der Waals surface area (Å²) in [6, 6.07) is 42.5. The summed E-state index contributed by atoms with van der Waals surface area (Å²) >= 11 is 5.15. The molecule has 0 spiro atoms. The number of nitrogens with zero attached hydrogens (tertiary/aromatic N) is 5. The van der Waals surface area contributed by atoms with Crippen LogP contribution in [-0.4, -0.2) is 24.5 Å². The first-order valence-corrected chi connectivity index (χ1v) is 17.3. The average molecular weight is 644 g/mol. The molecule has 5 aromatic carbocycles. The molecule has 46 heavy (non-hydrogen) atoms. The predicted molar refractivity (Wildman–Crippen MR) is 194 cm³/mol. The van der Waals surface area contributed by atoms with Crippen molar-refractivity contribution in [3.63, 3.8) is 0 Å². The molecule has 0 aliphatic carbocycles. The van der Waals surface area contributed by atoms with E-state index >= 15 is 0 Å². The number of hydrogen-bond acceptors (Lipinski definition) is 7. The number of thiazole rings is 3. The van der Waals surface area contributed by atoms with E-state index in [2.05, 4.69) is 108 Å². The first-order chi connectivity index (χ1) is 22.7. The zero-order valence-corrected chi connectivity index (χ0v) is 26.5. The van der Waals surface area contributed by atoms with Crippen molar-refractivity contribution < 1.29 is 0 Å². The van der Waals surface area contributed by atoms with E-state index in [0.29, 0.717) is 0 Å². The minimum atomic E-state index is 0.866. The Bertz CT molecular complexity index is 2540. The summed E-state index contributed by atoms with van der Waals surface area (Å²) in [5.41, 5.74) is 8.50. The van der Waals surface area contributed by atoms with E-state index in [1.165, 1.54) is 14.1 Å². The lowest BCUT2D eigenvalue weighted by atomic mass is 10.1. The normalized spacial score (nSPS) is 11.9. The molecule has 10 rings (SSSR count). The van der Waals surface area contributed by atoms with Crippen molar-refractivity contribution in [2.24, 2.45) is 0 Å². The number of para-hydroxylation sites is 3. The molecule has 216 valence electrons. The van der Waals surface area contributed by atoms with Crippen LogP contribution in [0.1, 0.15) is 0 Å². The van der Waals surface area contributed by atoms with Gasteiger partial charge in [-0.05, 0) is 84.9 Å². The summed E-state index contributed by atoms with van der Waals surface area (Å²) in [7, 11) is 0. The molecule has 5 nitrogen and oxygen atoms in total. The molecule has 5 aromatic heterocycles. The Balaban J connectivity index is 1.16. The zero-order valence-electron chi connectivity index (χ0n) is 24.1.